The van der Waals surface area contributed by atoms with Crippen molar-refractivity contribution in [1.82, 2.24) is 14.9 Å². The fourth-order valence-corrected chi connectivity index (χ4v) is 2.54. The largest absolute Gasteiger partial charge is 0.463 e. The van der Waals surface area contributed by atoms with Crippen molar-refractivity contribution in [2.24, 2.45) is 11.8 Å². The molecule has 1 aromatic rings. The Labute approximate surface area is 127 Å². The number of nitrogens with zero attached hydrogens (tertiary/aromatic N) is 3. The fourth-order valence-electron chi connectivity index (χ4n) is 2.33. The molecule has 0 aromatic carbocycles. The molecule has 2 heterocycles. The van der Waals surface area contributed by atoms with Gasteiger partial charge < -0.3 is 9.64 Å². The molecule has 1 aliphatic heterocycles. The standard InChI is InChI=1S/C14H20BrN3O2/c1-10(2)13(19)18-5-3-4-11(8-18)9-20-14-16-6-12(15)7-17-14/h6-7,10-11H,3-5,8-9H2,1-2H3. The minimum Gasteiger partial charge on any atom is -0.463 e. The highest BCUT2D eigenvalue weighted by Crippen LogP contribution is 2.19. The van der Waals surface area contributed by atoms with E-state index in [4.69, 9.17) is 4.74 Å². The molecule has 1 saturated heterocycles. The topological polar surface area (TPSA) is 55.3 Å². The summed E-state index contributed by atoms with van der Waals surface area (Å²) in [4.78, 5) is 22.1. The van der Waals surface area contributed by atoms with E-state index >= 15 is 0 Å². The van der Waals surface area contributed by atoms with Gasteiger partial charge in [-0.05, 0) is 28.8 Å². The Morgan fingerprint density at radius 1 is 1.50 bits per heavy atom. The van der Waals surface area contributed by atoms with Crippen molar-refractivity contribution in [1.29, 1.82) is 0 Å². The molecule has 1 fully saturated rings. The van der Waals surface area contributed by atoms with E-state index in [2.05, 4.69) is 25.9 Å². The molecule has 5 nitrogen and oxygen atoms in total. The van der Waals surface area contributed by atoms with Crippen LogP contribution in [-0.4, -0.2) is 40.5 Å². The lowest BCUT2D eigenvalue weighted by Crippen LogP contribution is -2.43. The molecule has 0 bridgehead atoms. The van der Waals surface area contributed by atoms with E-state index in [-0.39, 0.29) is 11.8 Å². The lowest BCUT2D eigenvalue weighted by Gasteiger charge is -2.33. The zero-order valence-electron chi connectivity index (χ0n) is 11.9. The highest BCUT2D eigenvalue weighted by molar-refractivity contribution is 9.10. The number of aromatic nitrogens is 2. The van der Waals surface area contributed by atoms with Crippen LogP contribution in [0.2, 0.25) is 0 Å². The van der Waals surface area contributed by atoms with Crippen molar-refractivity contribution in [3.8, 4) is 6.01 Å². The summed E-state index contributed by atoms with van der Waals surface area (Å²) in [7, 11) is 0. The Morgan fingerprint density at radius 3 is 2.85 bits per heavy atom. The van der Waals surface area contributed by atoms with Gasteiger partial charge in [-0.3, -0.25) is 4.79 Å². The van der Waals surface area contributed by atoms with Crippen LogP contribution in [0.4, 0.5) is 0 Å². The highest BCUT2D eigenvalue weighted by atomic mass is 79.9. The van der Waals surface area contributed by atoms with Gasteiger partial charge in [0.05, 0.1) is 11.1 Å². The van der Waals surface area contributed by atoms with Crippen LogP contribution < -0.4 is 4.74 Å². The van der Waals surface area contributed by atoms with Gasteiger partial charge >= 0.3 is 6.01 Å². The van der Waals surface area contributed by atoms with Crippen LogP contribution >= 0.6 is 15.9 Å². The molecule has 1 amide bonds. The van der Waals surface area contributed by atoms with Gasteiger partial charge in [-0.2, -0.15) is 0 Å². The number of hydrogen-bond donors (Lipinski definition) is 0. The van der Waals surface area contributed by atoms with Gasteiger partial charge in [-0.25, -0.2) is 9.97 Å². The Bertz CT molecular complexity index is 450. The maximum atomic E-state index is 12.0. The zero-order valence-corrected chi connectivity index (χ0v) is 13.5. The number of carbonyl (C=O) groups excluding carboxylic acids is 1. The van der Waals surface area contributed by atoms with E-state index in [0.717, 1.165) is 30.4 Å². The Hall–Kier alpha value is -1.17. The van der Waals surface area contributed by atoms with Crippen molar-refractivity contribution in [3.05, 3.63) is 16.9 Å². The predicted octanol–water partition coefficient (Wildman–Crippen LogP) is 2.51. The van der Waals surface area contributed by atoms with E-state index in [1.54, 1.807) is 12.4 Å². The van der Waals surface area contributed by atoms with Gasteiger partial charge in [0, 0.05) is 37.3 Å². The zero-order chi connectivity index (χ0) is 14.5. The molecule has 0 saturated carbocycles. The van der Waals surface area contributed by atoms with Crippen LogP contribution in [0.15, 0.2) is 16.9 Å². The molecule has 0 radical (unpaired) electrons. The predicted molar refractivity (Wildman–Crippen MR) is 79.4 cm³/mol. The summed E-state index contributed by atoms with van der Waals surface area (Å²) in [6, 6.07) is 0.389. The van der Waals surface area contributed by atoms with Crippen molar-refractivity contribution < 1.29 is 9.53 Å². The van der Waals surface area contributed by atoms with Gasteiger partial charge in [0.1, 0.15) is 0 Å². The van der Waals surface area contributed by atoms with Crippen molar-refractivity contribution >= 4 is 21.8 Å². The molecular formula is C14H20BrN3O2. The molecule has 110 valence electrons. The fraction of sp³-hybridized carbons (Fsp3) is 0.643. The summed E-state index contributed by atoms with van der Waals surface area (Å²) in [6.45, 7) is 6.08. The summed E-state index contributed by atoms with van der Waals surface area (Å²) in [6.07, 6.45) is 5.45. The number of carbonyl (C=O) groups is 1. The van der Waals surface area contributed by atoms with Crippen LogP contribution in [-0.2, 0) is 4.79 Å². The van der Waals surface area contributed by atoms with Crippen LogP contribution in [0.3, 0.4) is 0 Å². The second kappa shape index (κ2) is 7.02. The molecule has 2 rings (SSSR count). The van der Waals surface area contributed by atoms with E-state index in [1.807, 2.05) is 18.7 Å². The van der Waals surface area contributed by atoms with Crippen molar-refractivity contribution in [2.75, 3.05) is 19.7 Å². The van der Waals surface area contributed by atoms with Crippen molar-refractivity contribution in [2.45, 2.75) is 26.7 Å². The molecule has 0 aliphatic carbocycles. The minimum atomic E-state index is 0.0597. The normalized spacial score (nSPS) is 19.2. The molecule has 1 unspecified atom stereocenters. The third-order valence-corrected chi connectivity index (χ3v) is 3.78. The van der Waals surface area contributed by atoms with E-state index in [0.29, 0.717) is 18.5 Å². The van der Waals surface area contributed by atoms with Gasteiger partial charge in [0.2, 0.25) is 5.91 Å². The quantitative estimate of drug-likeness (QED) is 0.844. The average Bonchev–Trinajstić information content (AvgIpc) is 2.46. The van der Waals surface area contributed by atoms with Crippen LogP contribution in [0, 0.1) is 11.8 Å². The number of rotatable bonds is 4. The summed E-state index contributed by atoms with van der Waals surface area (Å²) >= 11 is 3.29. The SMILES string of the molecule is CC(C)C(=O)N1CCCC(COc2ncc(Br)cn2)C1. The molecule has 6 heteroatoms. The van der Waals surface area contributed by atoms with E-state index in [1.165, 1.54) is 0 Å². The summed E-state index contributed by atoms with van der Waals surface area (Å²) in [5.41, 5.74) is 0. The Morgan fingerprint density at radius 2 is 2.20 bits per heavy atom. The summed E-state index contributed by atoms with van der Waals surface area (Å²) in [5, 5.41) is 0. The summed E-state index contributed by atoms with van der Waals surface area (Å²) in [5.74, 6) is 0.651. The number of halogens is 1. The third-order valence-electron chi connectivity index (χ3n) is 3.37. The first-order valence-corrected chi connectivity index (χ1v) is 7.74. The monoisotopic (exact) mass is 341 g/mol. The molecule has 1 atom stereocenters. The smallest absolute Gasteiger partial charge is 0.316 e. The molecule has 0 N–H and O–H groups in total. The maximum absolute atomic E-state index is 12.0. The first kappa shape index (κ1) is 15.2. The first-order chi connectivity index (χ1) is 9.56. The second-order valence-corrected chi connectivity index (χ2v) is 6.36. The summed E-state index contributed by atoms with van der Waals surface area (Å²) < 4.78 is 6.44. The number of piperidine rings is 1. The van der Waals surface area contributed by atoms with Gasteiger partial charge in [0.15, 0.2) is 0 Å². The molecule has 1 aliphatic rings. The lowest BCUT2D eigenvalue weighted by atomic mass is 9.98. The number of amides is 1. The minimum absolute atomic E-state index is 0.0597. The van der Waals surface area contributed by atoms with Gasteiger partial charge in [-0.1, -0.05) is 13.8 Å². The molecule has 20 heavy (non-hydrogen) atoms. The second-order valence-electron chi connectivity index (χ2n) is 5.44. The average molecular weight is 342 g/mol. The van der Waals surface area contributed by atoms with E-state index in [9.17, 15) is 4.79 Å². The van der Waals surface area contributed by atoms with Gasteiger partial charge in [0.25, 0.3) is 0 Å². The maximum Gasteiger partial charge on any atom is 0.316 e. The Balaban J connectivity index is 1.84. The van der Waals surface area contributed by atoms with Crippen LogP contribution in [0.25, 0.3) is 0 Å². The molecule has 0 spiro atoms. The van der Waals surface area contributed by atoms with Crippen LogP contribution in [0.5, 0.6) is 6.01 Å². The van der Waals surface area contributed by atoms with Crippen LogP contribution in [0.1, 0.15) is 26.7 Å². The third kappa shape index (κ3) is 4.16. The molecule has 1 aromatic heterocycles. The first-order valence-electron chi connectivity index (χ1n) is 6.95. The lowest BCUT2D eigenvalue weighted by molar-refractivity contribution is -0.136. The molecular weight excluding hydrogens is 322 g/mol. The highest BCUT2D eigenvalue weighted by Gasteiger charge is 2.25. The van der Waals surface area contributed by atoms with Crippen molar-refractivity contribution in [3.63, 3.8) is 0 Å². The number of likely N-dealkylation sites (tertiary alicyclic amines) is 1. The van der Waals surface area contributed by atoms with Gasteiger partial charge in [-0.15, -0.1) is 0 Å². The van der Waals surface area contributed by atoms with E-state index < -0.39 is 0 Å². The number of ether oxygens (including phenoxy) is 1. The Kier molecular flexibility index (Phi) is 5.34. The number of hydrogen-bond acceptors (Lipinski definition) is 4.